The minimum absolute atomic E-state index is 0.00460. The number of hydrogen-bond donors (Lipinski definition) is 2. The first-order valence-electron chi connectivity index (χ1n) is 7.34. The average Bonchev–Trinajstić information content (AvgIpc) is 2.92. The van der Waals surface area contributed by atoms with Gasteiger partial charge in [-0.05, 0) is 39.5 Å². The zero-order valence-electron chi connectivity index (χ0n) is 12.2. The maximum atomic E-state index is 12.4. The molecule has 2 amide bonds. The number of ether oxygens (including phenoxy) is 1. The first-order chi connectivity index (χ1) is 9.45. The van der Waals surface area contributed by atoms with Crippen LogP contribution in [0.15, 0.2) is 0 Å². The summed E-state index contributed by atoms with van der Waals surface area (Å²) in [4.78, 5) is 25.4. The number of hydrogen-bond acceptors (Lipinski definition) is 3. The second kappa shape index (κ2) is 5.99. The second-order valence-corrected chi connectivity index (χ2v) is 6.05. The minimum atomic E-state index is -1.09. The molecule has 0 aromatic heterocycles. The van der Waals surface area contributed by atoms with Crippen LogP contribution in [-0.4, -0.2) is 53.3 Å². The fourth-order valence-corrected chi connectivity index (χ4v) is 3.01. The minimum Gasteiger partial charge on any atom is -0.480 e. The summed E-state index contributed by atoms with van der Waals surface area (Å²) < 4.78 is 5.33. The third-order valence-corrected chi connectivity index (χ3v) is 4.62. The lowest BCUT2D eigenvalue weighted by Crippen LogP contribution is -2.61. The number of nitrogens with one attached hydrogen (secondary N) is 1. The van der Waals surface area contributed by atoms with Gasteiger partial charge in [0.05, 0.1) is 6.61 Å². The fourth-order valence-electron chi connectivity index (χ4n) is 3.01. The van der Waals surface area contributed by atoms with E-state index in [2.05, 4.69) is 5.32 Å². The van der Waals surface area contributed by atoms with Crippen LogP contribution in [-0.2, 0) is 9.53 Å². The number of aliphatic carboxylic acids is 1. The van der Waals surface area contributed by atoms with E-state index in [-0.39, 0.29) is 12.1 Å². The third kappa shape index (κ3) is 2.90. The lowest BCUT2D eigenvalue weighted by Gasteiger charge is -2.42. The van der Waals surface area contributed by atoms with Crippen LogP contribution in [0.5, 0.6) is 0 Å². The predicted octanol–water partition coefficient (Wildman–Crippen LogP) is 1.45. The molecule has 3 atom stereocenters. The Kier molecular flexibility index (Phi) is 4.52. The van der Waals surface area contributed by atoms with E-state index < -0.39 is 11.5 Å². The monoisotopic (exact) mass is 284 g/mol. The largest absolute Gasteiger partial charge is 0.480 e. The predicted molar refractivity (Wildman–Crippen MR) is 73.5 cm³/mol. The number of carbonyl (C=O) groups excluding carboxylic acids is 1. The van der Waals surface area contributed by atoms with Crippen LogP contribution >= 0.6 is 0 Å². The normalized spacial score (nSPS) is 31.9. The summed E-state index contributed by atoms with van der Waals surface area (Å²) in [7, 11) is 0. The smallest absolute Gasteiger partial charge is 0.329 e. The Hall–Kier alpha value is -1.30. The highest BCUT2D eigenvalue weighted by Crippen LogP contribution is 2.28. The molecule has 0 aromatic rings. The van der Waals surface area contributed by atoms with Gasteiger partial charge in [-0.2, -0.15) is 0 Å². The summed E-state index contributed by atoms with van der Waals surface area (Å²) in [5.41, 5.74) is -1.09. The summed E-state index contributed by atoms with van der Waals surface area (Å²) in [6.07, 6.45) is 3.16. The molecule has 2 aliphatic rings. The third-order valence-electron chi connectivity index (χ3n) is 4.62. The van der Waals surface area contributed by atoms with E-state index in [1.54, 1.807) is 6.92 Å². The molecule has 0 aliphatic carbocycles. The van der Waals surface area contributed by atoms with E-state index in [0.717, 1.165) is 25.9 Å². The summed E-state index contributed by atoms with van der Waals surface area (Å²) in [5.74, 6) is -0.607. The van der Waals surface area contributed by atoms with E-state index in [4.69, 9.17) is 4.74 Å². The van der Waals surface area contributed by atoms with Crippen molar-refractivity contribution < 1.29 is 19.4 Å². The van der Waals surface area contributed by atoms with E-state index in [9.17, 15) is 14.7 Å². The van der Waals surface area contributed by atoms with Crippen LogP contribution < -0.4 is 5.32 Å². The van der Waals surface area contributed by atoms with Crippen molar-refractivity contribution in [3.8, 4) is 0 Å². The molecule has 2 N–H and O–H groups in total. The molecular weight excluding hydrogens is 260 g/mol. The molecule has 0 radical (unpaired) electrons. The summed E-state index contributed by atoms with van der Waals surface area (Å²) in [6, 6.07) is -0.265. The molecule has 0 aromatic carbocycles. The number of likely N-dealkylation sites (tertiary alicyclic amines) is 1. The number of carboxylic acid groups (broad SMARTS) is 1. The summed E-state index contributed by atoms with van der Waals surface area (Å²) in [5, 5.41) is 12.4. The molecule has 2 heterocycles. The van der Waals surface area contributed by atoms with E-state index in [1.807, 2.05) is 6.92 Å². The number of rotatable bonds is 3. The Bertz CT molecular complexity index is 381. The van der Waals surface area contributed by atoms with Gasteiger partial charge in [0.2, 0.25) is 0 Å². The van der Waals surface area contributed by atoms with Crippen LogP contribution in [0.3, 0.4) is 0 Å². The molecule has 3 unspecified atom stereocenters. The molecule has 0 spiro atoms. The van der Waals surface area contributed by atoms with Crippen LogP contribution in [0.25, 0.3) is 0 Å². The Labute approximate surface area is 119 Å². The van der Waals surface area contributed by atoms with Gasteiger partial charge in [0.25, 0.3) is 0 Å². The topological polar surface area (TPSA) is 78.9 Å². The molecule has 2 fully saturated rings. The maximum absolute atomic E-state index is 12.4. The van der Waals surface area contributed by atoms with E-state index in [1.165, 1.54) is 4.90 Å². The SMILES string of the molecule is CC(NC(=O)N1CCCCC1(C)C(=O)O)C1CCOC1. The molecule has 2 saturated heterocycles. The number of carboxylic acids is 1. The van der Waals surface area contributed by atoms with Crippen molar-refractivity contribution in [1.29, 1.82) is 0 Å². The zero-order valence-corrected chi connectivity index (χ0v) is 12.2. The first-order valence-corrected chi connectivity index (χ1v) is 7.34. The first kappa shape index (κ1) is 15.1. The van der Waals surface area contributed by atoms with Gasteiger partial charge in [-0.25, -0.2) is 9.59 Å². The van der Waals surface area contributed by atoms with Gasteiger partial charge < -0.3 is 20.1 Å². The van der Waals surface area contributed by atoms with Crippen molar-refractivity contribution in [2.75, 3.05) is 19.8 Å². The fraction of sp³-hybridized carbons (Fsp3) is 0.857. The summed E-state index contributed by atoms with van der Waals surface area (Å²) in [6.45, 7) is 5.50. The number of nitrogens with zero attached hydrogens (tertiary/aromatic N) is 1. The van der Waals surface area contributed by atoms with Gasteiger partial charge in [0.15, 0.2) is 0 Å². The Morgan fingerprint density at radius 2 is 2.20 bits per heavy atom. The van der Waals surface area contributed by atoms with Crippen molar-refractivity contribution in [2.24, 2.45) is 5.92 Å². The number of piperidine rings is 1. The van der Waals surface area contributed by atoms with Crippen molar-refractivity contribution >= 4 is 12.0 Å². The van der Waals surface area contributed by atoms with Gasteiger partial charge in [0.1, 0.15) is 5.54 Å². The van der Waals surface area contributed by atoms with E-state index >= 15 is 0 Å². The van der Waals surface area contributed by atoms with Gasteiger partial charge in [-0.3, -0.25) is 0 Å². The number of urea groups is 1. The molecule has 2 aliphatic heterocycles. The standard InChI is InChI=1S/C14H24N2O4/c1-10(11-5-8-20-9-11)15-13(19)16-7-4-3-6-14(16,2)12(17)18/h10-11H,3-9H2,1-2H3,(H,15,19)(H,17,18). The van der Waals surface area contributed by atoms with Gasteiger partial charge in [-0.1, -0.05) is 0 Å². The van der Waals surface area contributed by atoms with Crippen molar-refractivity contribution in [2.45, 2.75) is 51.1 Å². The average molecular weight is 284 g/mol. The van der Waals surface area contributed by atoms with Crippen molar-refractivity contribution in [3.63, 3.8) is 0 Å². The molecule has 2 rings (SSSR count). The Morgan fingerprint density at radius 1 is 1.45 bits per heavy atom. The maximum Gasteiger partial charge on any atom is 0.329 e. The molecule has 0 saturated carbocycles. The van der Waals surface area contributed by atoms with Gasteiger partial charge in [0, 0.05) is 25.1 Å². The Balaban J connectivity index is 2.00. The van der Waals surface area contributed by atoms with Crippen LogP contribution in [0.4, 0.5) is 4.79 Å². The molecule has 114 valence electrons. The van der Waals surface area contributed by atoms with Crippen LogP contribution in [0.1, 0.15) is 39.5 Å². The quantitative estimate of drug-likeness (QED) is 0.822. The van der Waals surface area contributed by atoms with Crippen molar-refractivity contribution in [3.05, 3.63) is 0 Å². The van der Waals surface area contributed by atoms with Crippen molar-refractivity contribution in [1.82, 2.24) is 10.2 Å². The van der Waals surface area contributed by atoms with Gasteiger partial charge >= 0.3 is 12.0 Å². The molecule has 0 bridgehead atoms. The number of carbonyl (C=O) groups is 2. The Morgan fingerprint density at radius 3 is 2.80 bits per heavy atom. The lowest BCUT2D eigenvalue weighted by atomic mass is 9.89. The van der Waals surface area contributed by atoms with Crippen LogP contribution in [0, 0.1) is 5.92 Å². The highest BCUT2D eigenvalue weighted by molar-refractivity contribution is 5.86. The molecule has 6 heteroatoms. The second-order valence-electron chi connectivity index (χ2n) is 6.05. The van der Waals surface area contributed by atoms with Gasteiger partial charge in [-0.15, -0.1) is 0 Å². The van der Waals surface area contributed by atoms with E-state index in [0.29, 0.717) is 25.5 Å². The molecule has 6 nitrogen and oxygen atoms in total. The molecule has 20 heavy (non-hydrogen) atoms. The molecular formula is C14H24N2O4. The number of amides is 2. The summed E-state index contributed by atoms with van der Waals surface area (Å²) >= 11 is 0. The zero-order chi connectivity index (χ0) is 14.8. The highest BCUT2D eigenvalue weighted by Gasteiger charge is 2.44. The van der Waals surface area contributed by atoms with Crippen LogP contribution in [0.2, 0.25) is 0 Å². The lowest BCUT2D eigenvalue weighted by molar-refractivity contribution is -0.150. The highest BCUT2D eigenvalue weighted by atomic mass is 16.5.